The first kappa shape index (κ1) is 18.7. The van der Waals surface area contributed by atoms with E-state index in [-0.39, 0.29) is 25.2 Å². The summed E-state index contributed by atoms with van der Waals surface area (Å²) in [5, 5.41) is 18.5. The van der Waals surface area contributed by atoms with Crippen molar-refractivity contribution in [2.24, 2.45) is 0 Å². The zero-order chi connectivity index (χ0) is 18.5. The van der Waals surface area contributed by atoms with E-state index in [1.165, 1.54) is 18.4 Å². The van der Waals surface area contributed by atoms with Crippen LogP contribution in [0.25, 0.3) is 5.57 Å². The number of benzene rings is 1. The van der Waals surface area contributed by atoms with E-state index >= 15 is 0 Å². The smallest absolute Gasteiger partial charge is 0.320 e. The van der Waals surface area contributed by atoms with Crippen molar-refractivity contribution >= 4 is 17.3 Å². The molecule has 0 unspecified atom stereocenters. The number of carbonyl (C=O) groups is 1. The molecule has 2 amide bonds. The van der Waals surface area contributed by atoms with Crippen LogP contribution in [0.3, 0.4) is 0 Å². The highest BCUT2D eigenvalue weighted by Crippen LogP contribution is 2.33. The number of urea groups is 1. The molecule has 3 rings (SSSR count). The molecule has 1 aliphatic carbocycles. The van der Waals surface area contributed by atoms with E-state index < -0.39 is 0 Å². The first-order valence-corrected chi connectivity index (χ1v) is 9.48. The van der Waals surface area contributed by atoms with Gasteiger partial charge in [-0.1, -0.05) is 12.1 Å². The minimum atomic E-state index is -0.116. The van der Waals surface area contributed by atoms with Gasteiger partial charge in [0.25, 0.3) is 0 Å². The summed E-state index contributed by atoms with van der Waals surface area (Å²) >= 11 is 0. The quantitative estimate of drug-likeness (QED) is 0.678. The van der Waals surface area contributed by atoms with Crippen LogP contribution in [0.4, 0.5) is 10.5 Å². The van der Waals surface area contributed by atoms with E-state index in [9.17, 15) is 15.0 Å². The van der Waals surface area contributed by atoms with Gasteiger partial charge >= 0.3 is 6.03 Å². The number of anilines is 1. The van der Waals surface area contributed by atoms with E-state index in [4.69, 9.17) is 5.73 Å². The predicted octanol–water partition coefficient (Wildman–Crippen LogP) is 2.03. The largest absolute Gasteiger partial charge is 0.398 e. The number of aliphatic hydroxyl groups is 2. The lowest BCUT2D eigenvalue weighted by Crippen LogP contribution is -2.53. The highest BCUT2D eigenvalue weighted by Gasteiger charge is 2.32. The number of nitrogens with zero attached hydrogens (tertiary/aromatic N) is 2. The summed E-state index contributed by atoms with van der Waals surface area (Å²) in [5.41, 5.74) is 10.6. The summed E-state index contributed by atoms with van der Waals surface area (Å²) in [6, 6.07) is 6.05. The molecule has 1 fully saturated rings. The lowest BCUT2D eigenvalue weighted by molar-refractivity contribution is 0.0987. The Morgan fingerprint density at radius 3 is 2.35 bits per heavy atom. The van der Waals surface area contributed by atoms with Crippen LogP contribution < -0.4 is 5.73 Å². The SMILES string of the molecule is Nc1ccc(C2CN(CCO)C(=O)N(CCO)C2)cc1C1=CCCCC1. The molecule has 1 saturated heterocycles. The summed E-state index contributed by atoms with van der Waals surface area (Å²) in [5.74, 6) is 0.134. The van der Waals surface area contributed by atoms with E-state index in [0.717, 1.165) is 29.7 Å². The number of carbonyl (C=O) groups excluding carboxylic acids is 1. The fourth-order valence-electron chi connectivity index (χ4n) is 3.96. The van der Waals surface area contributed by atoms with Gasteiger partial charge in [0.15, 0.2) is 0 Å². The number of hydrogen-bond acceptors (Lipinski definition) is 4. The van der Waals surface area contributed by atoms with Gasteiger partial charge in [-0.05, 0) is 49.0 Å². The average Bonchev–Trinajstić information content (AvgIpc) is 2.66. The van der Waals surface area contributed by atoms with Gasteiger partial charge in [0.05, 0.1) is 13.2 Å². The minimum absolute atomic E-state index is 0.0642. The highest BCUT2D eigenvalue weighted by atomic mass is 16.3. The summed E-state index contributed by atoms with van der Waals surface area (Å²) in [6.45, 7) is 1.64. The number of aliphatic hydroxyl groups excluding tert-OH is 2. The first-order chi connectivity index (χ1) is 12.6. The van der Waals surface area contributed by atoms with Crippen molar-refractivity contribution in [3.8, 4) is 0 Å². The van der Waals surface area contributed by atoms with Gasteiger partial charge in [-0.15, -0.1) is 0 Å². The molecule has 142 valence electrons. The average molecular weight is 359 g/mol. The molecule has 1 aliphatic heterocycles. The molecule has 0 saturated carbocycles. The van der Waals surface area contributed by atoms with Crippen molar-refractivity contribution in [1.82, 2.24) is 9.80 Å². The molecule has 0 aromatic heterocycles. The molecular formula is C20H29N3O3. The monoisotopic (exact) mass is 359 g/mol. The fourth-order valence-corrected chi connectivity index (χ4v) is 3.96. The molecule has 2 aliphatic rings. The molecular weight excluding hydrogens is 330 g/mol. The second-order valence-electron chi connectivity index (χ2n) is 7.14. The third-order valence-corrected chi connectivity index (χ3v) is 5.35. The minimum Gasteiger partial charge on any atom is -0.398 e. The third kappa shape index (κ3) is 4.02. The van der Waals surface area contributed by atoms with Crippen LogP contribution in [0.15, 0.2) is 24.3 Å². The summed E-state index contributed by atoms with van der Waals surface area (Å²) < 4.78 is 0. The van der Waals surface area contributed by atoms with E-state index in [2.05, 4.69) is 12.1 Å². The molecule has 0 radical (unpaired) electrons. The van der Waals surface area contributed by atoms with Crippen LogP contribution in [-0.2, 0) is 0 Å². The second-order valence-corrected chi connectivity index (χ2v) is 7.14. The predicted molar refractivity (Wildman–Crippen MR) is 103 cm³/mol. The number of hydrogen-bond donors (Lipinski definition) is 3. The Bertz CT molecular complexity index is 656. The molecule has 6 heteroatoms. The van der Waals surface area contributed by atoms with Crippen LogP contribution >= 0.6 is 0 Å². The first-order valence-electron chi connectivity index (χ1n) is 9.48. The van der Waals surface area contributed by atoms with Gasteiger partial charge in [-0.3, -0.25) is 0 Å². The summed E-state index contributed by atoms with van der Waals surface area (Å²) in [6.07, 6.45) is 6.89. The Balaban J connectivity index is 1.87. The van der Waals surface area contributed by atoms with Crippen LogP contribution in [-0.4, -0.2) is 65.4 Å². The Morgan fingerprint density at radius 1 is 1.08 bits per heavy atom. The topological polar surface area (TPSA) is 90.0 Å². The molecule has 0 atom stereocenters. The molecule has 1 heterocycles. The Hall–Kier alpha value is -2.05. The van der Waals surface area contributed by atoms with Gasteiger partial charge in [-0.25, -0.2) is 4.79 Å². The molecule has 26 heavy (non-hydrogen) atoms. The fraction of sp³-hybridized carbons (Fsp3) is 0.550. The summed E-state index contributed by atoms with van der Waals surface area (Å²) in [7, 11) is 0. The van der Waals surface area contributed by atoms with Crippen LogP contribution in [0.2, 0.25) is 0 Å². The number of rotatable bonds is 6. The molecule has 6 nitrogen and oxygen atoms in total. The van der Waals surface area contributed by atoms with Crippen molar-refractivity contribution in [2.45, 2.75) is 31.6 Å². The van der Waals surface area contributed by atoms with Crippen molar-refractivity contribution in [2.75, 3.05) is 45.1 Å². The van der Waals surface area contributed by atoms with Gasteiger partial charge < -0.3 is 25.7 Å². The summed E-state index contributed by atoms with van der Waals surface area (Å²) in [4.78, 5) is 15.8. The molecule has 0 spiro atoms. The van der Waals surface area contributed by atoms with Crippen molar-refractivity contribution < 1.29 is 15.0 Å². The zero-order valence-electron chi connectivity index (χ0n) is 15.2. The molecule has 4 N–H and O–H groups in total. The number of amides is 2. The van der Waals surface area contributed by atoms with Crippen LogP contribution in [0.5, 0.6) is 0 Å². The lowest BCUT2D eigenvalue weighted by atomic mass is 9.88. The molecule has 1 aromatic rings. The van der Waals surface area contributed by atoms with Crippen LogP contribution in [0, 0.1) is 0 Å². The second kappa shape index (κ2) is 8.56. The van der Waals surface area contributed by atoms with Gasteiger partial charge in [-0.2, -0.15) is 0 Å². The Labute approximate surface area is 154 Å². The van der Waals surface area contributed by atoms with Crippen molar-refractivity contribution in [3.63, 3.8) is 0 Å². The van der Waals surface area contributed by atoms with Crippen molar-refractivity contribution in [3.05, 3.63) is 35.4 Å². The van der Waals surface area contributed by atoms with Gasteiger partial charge in [0.2, 0.25) is 0 Å². The number of nitrogen functional groups attached to an aromatic ring is 1. The molecule has 1 aromatic carbocycles. The van der Waals surface area contributed by atoms with Crippen LogP contribution in [0.1, 0.15) is 42.7 Å². The zero-order valence-corrected chi connectivity index (χ0v) is 15.2. The Kier molecular flexibility index (Phi) is 6.16. The van der Waals surface area contributed by atoms with E-state index in [0.29, 0.717) is 26.2 Å². The van der Waals surface area contributed by atoms with Crippen molar-refractivity contribution in [1.29, 1.82) is 0 Å². The highest BCUT2D eigenvalue weighted by molar-refractivity contribution is 5.77. The number of nitrogens with two attached hydrogens (primary N) is 1. The maximum Gasteiger partial charge on any atom is 0.320 e. The maximum atomic E-state index is 12.5. The Morgan fingerprint density at radius 2 is 1.77 bits per heavy atom. The standard InChI is InChI=1S/C20H29N3O3/c21-19-7-6-16(12-18(19)15-4-2-1-3-5-15)17-13-22(8-10-24)20(26)23(14-17)9-11-25/h4,6-7,12,17,24-25H,1-3,5,8-11,13-14,21H2. The molecule has 0 bridgehead atoms. The number of β-amino-alcohol motifs (C(OH)–C–C–N with tert-alkyl or cyclic N) is 2. The lowest BCUT2D eigenvalue weighted by Gasteiger charge is -2.40. The van der Waals surface area contributed by atoms with Gasteiger partial charge in [0, 0.05) is 43.3 Å². The normalized spacial score (nSPS) is 19.0. The van der Waals surface area contributed by atoms with E-state index in [1.54, 1.807) is 9.80 Å². The third-order valence-electron chi connectivity index (χ3n) is 5.35. The maximum absolute atomic E-state index is 12.5. The number of allylic oxidation sites excluding steroid dienone is 2. The van der Waals surface area contributed by atoms with E-state index in [1.807, 2.05) is 12.1 Å². The van der Waals surface area contributed by atoms with Gasteiger partial charge in [0.1, 0.15) is 0 Å².